The van der Waals surface area contributed by atoms with E-state index in [1.807, 2.05) is 22.8 Å². The molecular formula is C22H15F2NO3. The van der Waals surface area contributed by atoms with Crippen LogP contribution in [0.25, 0.3) is 16.6 Å². The first-order chi connectivity index (χ1) is 13.5. The third-order valence-corrected chi connectivity index (χ3v) is 4.49. The second-order valence-corrected chi connectivity index (χ2v) is 6.22. The molecule has 4 aromatic rings. The van der Waals surface area contributed by atoms with Crippen LogP contribution in [0.4, 0.5) is 8.78 Å². The minimum atomic E-state index is -1.00. The Morgan fingerprint density at radius 2 is 1.82 bits per heavy atom. The van der Waals surface area contributed by atoms with E-state index in [1.165, 1.54) is 12.1 Å². The van der Waals surface area contributed by atoms with Crippen molar-refractivity contribution in [2.75, 3.05) is 0 Å². The lowest BCUT2D eigenvalue weighted by Crippen LogP contribution is -2.03. The highest BCUT2D eigenvalue weighted by Crippen LogP contribution is 2.29. The topological polar surface area (TPSA) is 51.5 Å². The van der Waals surface area contributed by atoms with E-state index in [1.54, 1.807) is 36.5 Å². The van der Waals surface area contributed by atoms with Crippen molar-refractivity contribution in [3.05, 3.63) is 95.7 Å². The van der Waals surface area contributed by atoms with Gasteiger partial charge >= 0.3 is 5.97 Å². The Hall–Kier alpha value is -3.67. The number of carbonyl (C=O) groups is 1. The van der Waals surface area contributed by atoms with Gasteiger partial charge < -0.3 is 14.4 Å². The maximum absolute atomic E-state index is 13.9. The minimum Gasteiger partial charge on any atom is -0.487 e. The summed E-state index contributed by atoms with van der Waals surface area (Å²) in [5.41, 5.74) is 1.84. The predicted octanol–water partition coefficient (Wildman–Crippen LogP) is 5.19. The standard InChI is InChI=1S/C22H15F2NO3/c23-15-9-8-14(18(24)12-15)13-28-21-7-2-1-5-20(21)25-11-10-16-17(22(26)27)4-3-6-19(16)25/h1-12H,13H2,(H,26,27). The van der Waals surface area contributed by atoms with E-state index in [0.29, 0.717) is 22.3 Å². The van der Waals surface area contributed by atoms with E-state index in [9.17, 15) is 18.7 Å². The number of ether oxygens (including phenoxy) is 1. The van der Waals surface area contributed by atoms with Gasteiger partial charge in [0, 0.05) is 23.2 Å². The van der Waals surface area contributed by atoms with Gasteiger partial charge in [-0.15, -0.1) is 0 Å². The lowest BCUT2D eigenvalue weighted by atomic mass is 10.1. The zero-order valence-electron chi connectivity index (χ0n) is 14.6. The average Bonchev–Trinajstić information content (AvgIpc) is 3.11. The molecule has 4 nitrogen and oxygen atoms in total. The fourth-order valence-electron chi connectivity index (χ4n) is 3.14. The Labute approximate surface area is 159 Å². The molecule has 0 saturated carbocycles. The highest BCUT2D eigenvalue weighted by molar-refractivity contribution is 6.03. The molecule has 0 aliphatic heterocycles. The molecule has 0 amide bonds. The largest absolute Gasteiger partial charge is 0.487 e. The van der Waals surface area contributed by atoms with Crippen LogP contribution < -0.4 is 4.74 Å². The fourth-order valence-corrected chi connectivity index (χ4v) is 3.14. The molecule has 3 aromatic carbocycles. The highest BCUT2D eigenvalue weighted by Gasteiger charge is 2.14. The summed E-state index contributed by atoms with van der Waals surface area (Å²) in [4.78, 5) is 11.4. The summed E-state index contributed by atoms with van der Waals surface area (Å²) >= 11 is 0. The molecule has 0 bridgehead atoms. The van der Waals surface area contributed by atoms with Crippen molar-refractivity contribution < 1.29 is 23.4 Å². The molecule has 0 aliphatic carbocycles. The molecule has 0 atom stereocenters. The number of para-hydroxylation sites is 2. The number of benzene rings is 3. The van der Waals surface area contributed by atoms with Crippen LogP contribution in [0, 0.1) is 11.6 Å². The van der Waals surface area contributed by atoms with Gasteiger partial charge in [-0.2, -0.15) is 0 Å². The molecule has 0 fully saturated rings. The molecule has 1 aromatic heterocycles. The van der Waals surface area contributed by atoms with Crippen molar-refractivity contribution in [1.29, 1.82) is 0 Å². The Kier molecular flexibility index (Phi) is 4.53. The first-order valence-electron chi connectivity index (χ1n) is 8.54. The molecule has 28 heavy (non-hydrogen) atoms. The number of aromatic carboxylic acids is 1. The van der Waals surface area contributed by atoms with Crippen LogP contribution in [0.1, 0.15) is 15.9 Å². The molecule has 1 heterocycles. The van der Waals surface area contributed by atoms with Gasteiger partial charge in [0.1, 0.15) is 24.0 Å². The number of fused-ring (bicyclic) bond motifs is 1. The van der Waals surface area contributed by atoms with Gasteiger partial charge in [-0.05, 0) is 42.5 Å². The van der Waals surface area contributed by atoms with E-state index in [-0.39, 0.29) is 17.7 Å². The van der Waals surface area contributed by atoms with Crippen molar-refractivity contribution >= 4 is 16.9 Å². The van der Waals surface area contributed by atoms with Gasteiger partial charge in [-0.25, -0.2) is 13.6 Å². The first-order valence-corrected chi connectivity index (χ1v) is 8.54. The van der Waals surface area contributed by atoms with Gasteiger partial charge in [-0.1, -0.05) is 18.2 Å². The summed E-state index contributed by atoms with van der Waals surface area (Å²) < 4.78 is 34.6. The first kappa shape index (κ1) is 17.7. The highest BCUT2D eigenvalue weighted by atomic mass is 19.1. The molecule has 0 unspecified atom stereocenters. The monoisotopic (exact) mass is 379 g/mol. The molecule has 140 valence electrons. The number of rotatable bonds is 5. The van der Waals surface area contributed by atoms with Crippen molar-refractivity contribution in [2.24, 2.45) is 0 Å². The van der Waals surface area contributed by atoms with Crippen molar-refractivity contribution in [2.45, 2.75) is 6.61 Å². The van der Waals surface area contributed by atoms with E-state index >= 15 is 0 Å². The molecule has 4 rings (SSSR count). The summed E-state index contributed by atoms with van der Waals surface area (Å²) in [6, 6.07) is 17.3. The maximum atomic E-state index is 13.9. The Balaban J connectivity index is 1.71. The quantitative estimate of drug-likeness (QED) is 0.519. The number of nitrogens with zero attached hydrogens (tertiary/aromatic N) is 1. The van der Waals surface area contributed by atoms with E-state index in [4.69, 9.17) is 4.74 Å². The van der Waals surface area contributed by atoms with Crippen LogP contribution in [0.3, 0.4) is 0 Å². The van der Waals surface area contributed by atoms with E-state index in [2.05, 4.69) is 0 Å². The van der Waals surface area contributed by atoms with Crippen LogP contribution >= 0.6 is 0 Å². The molecular weight excluding hydrogens is 364 g/mol. The van der Waals surface area contributed by atoms with Crippen molar-refractivity contribution in [3.63, 3.8) is 0 Å². The van der Waals surface area contributed by atoms with Crippen LogP contribution in [-0.4, -0.2) is 15.6 Å². The third kappa shape index (κ3) is 3.20. The lowest BCUT2D eigenvalue weighted by molar-refractivity contribution is 0.0699. The Morgan fingerprint density at radius 1 is 1.00 bits per heavy atom. The summed E-state index contributed by atoms with van der Waals surface area (Å²) in [6.07, 6.45) is 1.76. The van der Waals surface area contributed by atoms with Crippen LogP contribution in [0.5, 0.6) is 5.75 Å². The van der Waals surface area contributed by atoms with Gasteiger partial charge in [0.25, 0.3) is 0 Å². The van der Waals surface area contributed by atoms with Crippen LogP contribution in [0.2, 0.25) is 0 Å². The summed E-state index contributed by atoms with van der Waals surface area (Å²) in [7, 11) is 0. The smallest absolute Gasteiger partial charge is 0.336 e. The van der Waals surface area contributed by atoms with E-state index in [0.717, 1.165) is 6.07 Å². The molecule has 0 saturated heterocycles. The number of aromatic nitrogens is 1. The number of hydrogen-bond donors (Lipinski definition) is 1. The number of halogens is 2. The second kappa shape index (κ2) is 7.15. The molecule has 1 N–H and O–H groups in total. The van der Waals surface area contributed by atoms with Gasteiger partial charge in [0.15, 0.2) is 0 Å². The number of carboxylic acids is 1. The molecule has 6 heteroatoms. The van der Waals surface area contributed by atoms with Gasteiger partial charge in [0.2, 0.25) is 0 Å². The normalized spacial score (nSPS) is 10.9. The average molecular weight is 379 g/mol. The lowest BCUT2D eigenvalue weighted by Gasteiger charge is -2.14. The minimum absolute atomic E-state index is 0.0668. The third-order valence-electron chi connectivity index (χ3n) is 4.49. The van der Waals surface area contributed by atoms with Crippen LogP contribution in [0.15, 0.2) is 72.9 Å². The number of carboxylic acid groups (broad SMARTS) is 1. The van der Waals surface area contributed by atoms with Crippen molar-refractivity contribution in [3.8, 4) is 11.4 Å². The number of hydrogen-bond acceptors (Lipinski definition) is 2. The van der Waals surface area contributed by atoms with E-state index < -0.39 is 17.6 Å². The Bertz CT molecular complexity index is 1180. The Morgan fingerprint density at radius 3 is 2.61 bits per heavy atom. The van der Waals surface area contributed by atoms with Gasteiger partial charge in [0.05, 0.1) is 16.8 Å². The molecule has 0 aliphatic rings. The molecule has 0 spiro atoms. The summed E-state index contributed by atoms with van der Waals surface area (Å²) in [6.45, 7) is -0.0668. The SMILES string of the molecule is O=C(O)c1cccc2c1ccn2-c1ccccc1OCc1ccc(F)cc1F. The maximum Gasteiger partial charge on any atom is 0.336 e. The fraction of sp³-hybridized carbons (Fsp3) is 0.0455. The second-order valence-electron chi connectivity index (χ2n) is 6.22. The zero-order valence-corrected chi connectivity index (χ0v) is 14.6. The van der Waals surface area contributed by atoms with Gasteiger partial charge in [-0.3, -0.25) is 0 Å². The van der Waals surface area contributed by atoms with Crippen molar-refractivity contribution in [1.82, 2.24) is 4.57 Å². The summed E-state index contributed by atoms with van der Waals surface area (Å²) in [5.74, 6) is -1.83. The molecule has 0 radical (unpaired) electrons. The summed E-state index contributed by atoms with van der Waals surface area (Å²) in [5, 5.41) is 9.98. The van der Waals surface area contributed by atoms with Crippen LogP contribution in [-0.2, 0) is 6.61 Å². The zero-order chi connectivity index (χ0) is 19.7. The predicted molar refractivity (Wildman–Crippen MR) is 101 cm³/mol.